The molecule has 0 atom stereocenters. The zero-order valence-corrected chi connectivity index (χ0v) is 16.1. The van der Waals surface area contributed by atoms with Gasteiger partial charge < -0.3 is 24.6 Å². The SMILES string of the molecule is COc1cccc(CN(C(=O)NCC(=O)N(C)C)C2CCCC2)c1OC. The van der Waals surface area contributed by atoms with Gasteiger partial charge in [-0.3, -0.25) is 4.79 Å². The Labute approximate surface area is 155 Å². The largest absolute Gasteiger partial charge is 0.493 e. The van der Waals surface area contributed by atoms with Gasteiger partial charge in [0.15, 0.2) is 11.5 Å². The highest BCUT2D eigenvalue weighted by molar-refractivity contribution is 5.83. The summed E-state index contributed by atoms with van der Waals surface area (Å²) in [6, 6.07) is 5.59. The van der Waals surface area contributed by atoms with Crippen LogP contribution < -0.4 is 14.8 Å². The third kappa shape index (κ3) is 4.80. The van der Waals surface area contributed by atoms with Crippen molar-refractivity contribution in [3.05, 3.63) is 23.8 Å². The summed E-state index contributed by atoms with van der Waals surface area (Å²) < 4.78 is 10.9. The van der Waals surface area contributed by atoms with Crippen molar-refractivity contribution in [3.63, 3.8) is 0 Å². The number of hydrogen-bond donors (Lipinski definition) is 1. The molecule has 0 aliphatic heterocycles. The molecule has 1 N–H and O–H groups in total. The molecule has 0 bridgehead atoms. The third-order valence-corrected chi connectivity index (χ3v) is 4.74. The van der Waals surface area contributed by atoms with E-state index in [1.54, 1.807) is 28.3 Å². The fraction of sp³-hybridized carbons (Fsp3) is 0.579. The van der Waals surface area contributed by atoms with Crippen molar-refractivity contribution in [1.29, 1.82) is 0 Å². The summed E-state index contributed by atoms with van der Waals surface area (Å²) >= 11 is 0. The van der Waals surface area contributed by atoms with Gasteiger partial charge in [0.05, 0.1) is 27.3 Å². The van der Waals surface area contributed by atoms with Gasteiger partial charge in [0.25, 0.3) is 0 Å². The van der Waals surface area contributed by atoms with Crippen molar-refractivity contribution in [2.24, 2.45) is 0 Å². The van der Waals surface area contributed by atoms with Crippen molar-refractivity contribution >= 4 is 11.9 Å². The molecule has 26 heavy (non-hydrogen) atoms. The van der Waals surface area contributed by atoms with Gasteiger partial charge in [-0.05, 0) is 18.9 Å². The van der Waals surface area contributed by atoms with Crippen LogP contribution in [0.2, 0.25) is 0 Å². The molecule has 0 spiro atoms. The summed E-state index contributed by atoms with van der Waals surface area (Å²) in [6.45, 7) is 0.400. The number of para-hydroxylation sites is 1. The minimum atomic E-state index is -0.225. The van der Waals surface area contributed by atoms with E-state index in [4.69, 9.17) is 9.47 Å². The van der Waals surface area contributed by atoms with E-state index in [1.807, 2.05) is 23.1 Å². The molecular weight excluding hydrogens is 334 g/mol. The second-order valence-corrected chi connectivity index (χ2v) is 6.67. The molecule has 1 fully saturated rings. The lowest BCUT2D eigenvalue weighted by Crippen LogP contribution is -2.47. The van der Waals surface area contributed by atoms with Crippen molar-refractivity contribution in [2.75, 3.05) is 34.9 Å². The van der Waals surface area contributed by atoms with E-state index in [1.165, 1.54) is 4.90 Å². The van der Waals surface area contributed by atoms with Crippen LogP contribution in [0.3, 0.4) is 0 Å². The number of hydrogen-bond acceptors (Lipinski definition) is 4. The number of carbonyl (C=O) groups excluding carboxylic acids is 2. The monoisotopic (exact) mass is 363 g/mol. The number of carbonyl (C=O) groups is 2. The lowest BCUT2D eigenvalue weighted by Gasteiger charge is -2.30. The highest BCUT2D eigenvalue weighted by Gasteiger charge is 2.28. The average Bonchev–Trinajstić information content (AvgIpc) is 3.17. The molecule has 0 saturated heterocycles. The fourth-order valence-electron chi connectivity index (χ4n) is 3.26. The van der Waals surface area contributed by atoms with E-state index in [0.29, 0.717) is 18.0 Å². The Hall–Kier alpha value is -2.44. The molecule has 0 aromatic heterocycles. The first-order chi connectivity index (χ1) is 12.5. The van der Waals surface area contributed by atoms with E-state index < -0.39 is 0 Å². The number of nitrogens with one attached hydrogen (secondary N) is 1. The van der Waals surface area contributed by atoms with Crippen LogP contribution in [0.15, 0.2) is 18.2 Å². The number of amides is 3. The Morgan fingerprint density at radius 2 is 1.85 bits per heavy atom. The van der Waals surface area contributed by atoms with Crippen LogP contribution in [0.5, 0.6) is 11.5 Å². The molecule has 1 saturated carbocycles. The summed E-state index contributed by atoms with van der Waals surface area (Å²) in [5, 5.41) is 2.75. The average molecular weight is 363 g/mol. The second kappa shape index (κ2) is 9.31. The number of nitrogens with zero attached hydrogens (tertiary/aromatic N) is 2. The van der Waals surface area contributed by atoms with Gasteiger partial charge in [-0.25, -0.2) is 4.79 Å². The Balaban J connectivity index is 2.18. The van der Waals surface area contributed by atoms with E-state index in [9.17, 15) is 9.59 Å². The molecule has 0 heterocycles. The van der Waals surface area contributed by atoms with Crippen molar-refractivity contribution in [3.8, 4) is 11.5 Å². The van der Waals surface area contributed by atoms with E-state index in [0.717, 1.165) is 31.2 Å². The van der Waals surface area contributed by atoms with Crippen LogP contribution in [-0.2, 0) is 11.3 Å². The number of methoxy groups -OCH3 is 2. The van der Waals surface area contributed by atoms with Crippen LogP contribution in [0.25, 0.3) is 0 Å². The second-order valence-electron chi connectivity index (χ2n) is 6.67. The lowest BCUT2D eigenvalue weighted by molar-refractivity contribution is -0.127. The molecular formula is C19H29N3O4. The first-order valence-electron chi connectivity index (χ1n) is 8.92. The fourth-order valence-corrected chi connectivity index (χ4v) is 3.26. The van der Waals surface area contributed by atoms with Crippen LogP contribution in [-0.4, -0.2) is 62.6 Å². The molecule has 0 radical (unpaired) electrons. The molecule has 1 aromatic rings. The summed E-state index contributed by atoms with van der Waals surface area (Å²) in [4.78, 5) is 27.9. The smallest absolute Gasteiger partial charge is 0.318 e. The summed E-state index contributed by atoms with van der Waals surface area (Å²) in [5.41, 5.74) is 0.882. The van der Waals surface area contributed by atoms with E-state index >= 15 is 0 Å². The quantitative estimate of drug-likeness (QED) is 0.807. The molecule has 7 heteroatoms. The molecule has 0 unspecified atom stereocenters. The van der Waals surface area contributed by atoms with E-state index in [2.05, 4.69) is 5.32 Å². The predicted molar refractivity (Wildman–Crippen MR) is 99.4 cm³/mol. The van der Waals surface area contributed by atoms with Gasteiger partial charge in [-0.2, -0.15) is 0 Å². The zero-order valence-electron chi connectivity index (χ0n) is 16.1. The van der Waals surface area contributed by atoms with Gasteiger partial charge in [-0.1, -0.05) is 25.0 Å². The number of rotatable bonds is 7. The molecule has 1 aliphatic carbocycles. The van der Waals surface area contributed by atoms with Crippen molar-refractivity contribution in [1.82, 2.24) is 15.1 Å². The zero-order chi connectivity index (χ0) is 19.1. The molecule has 3 amide bonds. The number of likely N-dealkylation sites (N-methyl/N-ethyl adjacent to an activating group) is 1. The third-order valence-electron chi connectivity index (χ3n) is 4.74. The first kappa shape index (κ1) is 19.9. The van der Waals surface area contributed by atoms with Crippen LogP contribution in [0.4, 0.5) is 4.79 Å². The lowest BCUT2D eigenvalue weighted by atomic mass is 10.1. The number of benzene rings is 1. The summed E-state index contributed by atoms with van der Waals surface area (Å²) in [7, 11) is 6.53. The highest BCUT2D eigenvalue weighted by atomic mass is 16.5. The highest BCUT2D eigenvalue weighted by Crippen LogP contribution is 2.33. The Morgan fingerprint density at radius 1 is 1.15 bits per heavy atom. The van der Waals surface area contributed by atoms with Gasteiger partial charge in [0.1, 0.15) is 0 Å². The maximum absolute atomic E-state index is 12.8. The summed E-state index contributed by atoms with van der Waals surface area (Å²) in [5.74, 6) is 1.14. The van der Waals surface area contributed by atoms with Gasteiger partial charge in [0, 0.05) is 25.7 Å². The maximum Gasteiger partial charge on any atom is 0.318 e. The topological polar surface area (TPSA) is 71.1 Å². The van der Waals surface area contributed by atoms with Crippen molar-refractivity contribution < 1.29 is 19.1 Å². The predicted octanol–water partition coefficient (Wildman–Crippen LogP) is 2.25. The minimum absolute atomic E-state index is 0.00962. The first-order valence-corrected chi connectivity index (χ1v) is 8.92. The van der Waals surface area contributed by atoms with Crippen LogP contribution in [0.1, 0.15) is 31.2 Å². The van der Waals surface area contributed by atoms with Crippen molar-refractivity contribution in [2.45, 2.75) is 38.3 Å². The van der Waals surface area contributed by atoms with Gasteiger partial charge in [-0.15, -0.1) is 0 Å². The Kier molecular flexibility index (Phi) is 7.12. The Morgan fingerprint density at radius 3 is 2.42 bits per heavy atom. The van der Waals surface area contributed by atoms with E-state index in [-0.39, 0.29) is 24.5 Å². The molecule has 144 valence electrons. The minimum Gasteiger partial charge on any atom is -0.493 e. The molecule has 1 aliphatic rings. The molecule has 1 aromatic carbocycles. The molecule has 7 nitrogen and oxygen atoms in total. The molecule has 2 rings (SSSR count). The normalized spacial score (nSPS) is 14.0. The van der Waals surface area contributed by atoms with Gasteiger partial charge in [0.2, 0.25) is 5.91 Å². The summed E-state index contributed by atoms with van der Waals surface area (Å²) in [6.07, 6.45) is 4.17. The maximum atomic E-state index is 12.8. The standard InChI is InChI=1S/C19H29N3O4/c1-21(2)17(23)12-20-19(24)22(15-9-5-6-10-15)13-14-8-7-11-16(25-3)18(14)26-4/h7-8,11,15H,5-6,9-10,12-13H2,1-4H3,(H,20,24). The number of ether oxygens (including phenoxy) is 2. The van der Waals surface area contributed by atoms with Gasteiger partial charge >= 0.3 is 6.03 Å². The van der Waals surface area contributed by atoms with Crippen LogP contribution >= 0.6 is 0 Å². The number of urea groups is 1. The van der Waals surface area contributed by atoms with Crippen LogP contribution in [0, 0.1) is 0 Å². The Bertz CT molecular complexity index is 627.